The lowest BCUT2D eigenvalue weighted by Crippen LogP contribution is -2.12. The molecule has 3 rings (SSSR count). The number of hydrogen-bond donors (Lipinski definition) is 0. The monoisotopic (exact) mass is 356 g/mol. The number of halogens is 3. The Balaban J connectivity index is 1.72. The third kappa shape index (κ3) is 4.27. The summed E-state index contributed by atoms with van der Waals surface area (Å²) < 4.78 is 41.6. The maximum Gasteiger partial charge on any atom is 0.166 e. The largest absolute Gasteiger partial charge is 0.207 e. The molecular weight excluding hydrogens is 333 g/mol. The fourth-order valence-corrected chi connectivity index (χ4v) is 3.72. The van der Waals surface area contributed by atoms with Gasteiger partial charge < -0.3 is 0 Å². The molecule has 136 valence electrons. The zero-order chi connectivity index (χ0) is 18.5. The van der Waals surface area contributed by atoms with Crippen molar-refractivity contribution >= 4 is 11.7 Å². The van der Waals surface area contributed by atoms with Gasteiger partial charge in [-0.1, -0.05) is 30.3 Å². The Bertz CT molecular complexity index is 764. The molecule has 0 spiro atoms. The van der Waals surface area contributed by atoms with Gasteiger partial charge in [0.25, 0.3) is 0 Å². The maximum absolute atomic E-state index is 14.4. The summed E-state index contributed by atoms with van der Waals surface area (Å²) in [5, 5.41) is 0. The second-order valence-corrected chi connectivity index (χ2v) is 7.00. The maximum atomic E-state index is 14.4. The lowest BCUT2D eigenvalue weighted by Gasteiger charge is -2.28. The zero-order valence-electron chi connectivity index (χ0n) is 14.7. The molecule has 0 radical (unpaired) electrons. The van der Waals surface area contributed by atoms with Gasteiger partial charge in [0.1, 0.15) is 5.82 Å². The number of hydrogen-bond acceptors (Lipinski definition) is 0. The van der Waals surface area contributed by atoms with Gasteiger partial charge in [-0.2, -0.15) is 0 Å². The smallest absolute Gasteiger partial charge is 0.166 e. The Morgan fingerprint density at radius 3 is 1.85 bits per heavy atom. The average Bonchev–Trinajstić information content (AvgIpc) is 2.68. The third-order valence-electron chi connectivity index (χ3n) is 5.27. The van der Waals surface area contributed by atoms with Gasteiger partial charge in [0.05, 0.1) is 0 Å². The summed E-state index contributed by atoms with van der Waals surface area (Å²) in [6, 6.07) is 11.8. The first kappa shape index (κ1) is 18.5. The van der Waals surface area contributed by atoms with E-state index in [-0.39, 0.29) is 11.1 Å². The van der Waals surface area contributed by atoms with E-state index in [1.165, 1.54) is 30.5 Å². The molecule has 1 aliphatic carbocycles. The lowest BCUT2D eigenvalue weighted by atomic mass is 9.77. The summed E-state index contributed by atoms with van der Waals surface area (Å²) in [5.74, 6) is -1.15. The van der Waals surface area contributed by atoms with Crippen molar-refractivity contribution in [1.29, 1.82) is 0 Å². The molecule has 1 saturated carbocycles. The van der Waals surface area contributed by atoms with E-state index in [0.717, 1.165) is 37.3 Å². The Morgan fingerprint density at radius 1 is 0.846 bits per heavy atom. The minimum Gasteiger partial charge on any atom is -0.207 e. The van der Waals surface area contributed by atoms with Crippen LogP contribution >= 0.6 is 0 Å². The number of allylic oxidation sites excluding steroid dienone is 1. The molecule has 0 amide bonds. The molecule has 2 aromatic carbocycles. The number of rotatable bonds is 5. The van der Waals surface area contributed by atoms with Crippen LogP contribution in [0.4, 0.5) is 13.2 Å². The molecule has 2 aromatic rings. The topological polar surface area (TPSA) is 0 Å². The van der Waals surface area contributed by atoms with E-state index in [9.17, 15) is 13.2 Å². The van der Waals surface area contributed by atoms with Gasteiger partial charge >= 0.3 is 0 Å². The van der Waals surface area contributed by atoms with Crippen LogP contribution in [0.25, 0.3) is 11.7 Å². The predicted octanol–water partition coefficient (Wildman–Crippen LogP) is 7.44. The van der Waals surface area contributed by atoms with E-state index in [1.54, 1.807) is 12.1 Å². The summed E-state index contributed by atoms with van der Waals surface area (Å²) in [7, 11) is 0. The van der Waals surface area contributed by atoms with Crippen LogP contribution in [0.5, 0.6) is 0 Å². The Labute approximate surface area is 153 Å². The minimum atomic E-state index is -0.970. The highest BCUT2D eigenvalue weighted by Crippen LogP contribution is 2.38. The van der Waals surface area contributed by atoms with Gasteiger partial charge in [-0.25, -0.2) is 13.2 Å². The van der Waals surface area contributed by atoms with Crippen LogP contribution in [-0.4, -0.2) is 0 Å². The normalized spacial score (nSPS) is 21.2. The molecule has 0 atom stereocenters. The zero-order valence-corrected chi connectivity index (χ0v) is 14.7. The highest BCUT2D eigenvalue weighted by Gasteiger charge is 2.21. The molecule has 1 aliphatic rings. The Kier molecular flexibility index (Phi) is 5.97. The molecule has 3 heteroatoms. The molecule has 0 unspecified atom stereocenters. The van der Waals surface area contributed by atoms with E-state index < -0.39 is 17.5 Å². The van der Waals surface area contributed by atoms with Crippen LogP contribution < -0.4 is 0 Å². The standard InChI is InChI=1S/C23H23F3/c1-2-3-16-4-6-17(7-5-16)18-8-10-19(11-9-18)22(25)23(26)20-12-14-21(24)15-13-20/h2,8-17H,1,3-7H2. The first-order valence-electron chi connectivity index (χ1n) is 9.11. The van der Waals surface area contributed by atoms with E-state index >= 15 is 0 Å². The van der Waals surface area contributed by atoms with Gasteiger partial charge in [0.2, 0.25) is 0 Å². The van der Waals surface area contributed by atoms with Crippen LogP contribution in [0, 0.1) is 11.7 Å². The number of benzene rings is 2. The molecular formula is C23H23F3. The molecule has 0 aliphatic heterocycles. The fraction of sp³-hybridized carbons (Fsp3) is 0.304. The second-order valence-electron chi connectivity index (χ2n) is 7.00. The van der Waals surface area contributed by atoms with Gasteiger partial charge in [-0.05, 0) is 73.8 Å². The molecule has 0 heterocycles. The predicted molar refractivity (Wildman–Crippen MR) is 101 cm³/mol. The molecule has 1 fully saturated rings. The van der Waals surface area contributed by atoms with Gasteiger partial charge in [0, 0.05) is 11.1 Å². The van der Waals surface area contributed by atoms with Crippen LogP contribution in [0.3, 0.4) is 0 Å². The Morgan fingerprint density at radius 2 is 1.35 bits per heavy atom. The van der Waals surface area contributed by atoms with E-state index in [0.29, 0.717) is 5.92 Å². The SMILES string of the molecule is C=CCC1CCC(c2ccc(C(F)=C(F)c3ccc(F)cc3)cc2)CC1. The van der Waals surface area contributed by atoms with Gasteiger partial charge in [-0.3, -0.25) is 0 Å². The quantitative estimate of drug-likeness (QED) is 0.386. The van der Waals surface area contributed by atoms with Crippen molar-refractivity contribution in [2.45, 2.75) is 38.0 Å². The van der Waals surface area contributed by atoms with Crippen LogP contribution in [0.2, 0.25) is 0 Å². The third-order valence-corrected chi connectivity index (χ3v) is 5.27. The van der Waals surface area contributed by atoms with Crippen LogP contribution in [-0.2, 0) is 0 Å². The minimum absolute atomic E-state index is 0.0357. The van der Waals surface area contributed by atoms with Gasteiger partial charge in [0.15, 0.2) is 11.7 Å². The van der Waals surface area contributed by atoms with Gasteiger partial charge in [-0.15, -0.1) is 6.58 Å². The summed E-state index contributed by atoms with van der Waals surface area (Å²) in [6.07, 6.45) is 7.69. The summed E-state index contributed by atoms with van der Waals surface area (Å²) >= 11 is 0. The molecule has 26 heavy (non-hydrogen) atoms. The first-order valence-corrected chi connectivity index (χ1v) is 9.11. The molecule has 0 bridgehead atoms. The van der Waals surface area contributed by atoms with Crippen molar-refractivity contribution < 1.29 is 13.2 Å². The molecule has 0 aromatic heterocycles. The fourth-order valence-electron chi connectivity index (χ4n) is 3.72. The molecule has 0 N–H and O–H groups in total. The summed E-state index contributed by atoms with van der Waals surface area (Å²) in [4.78, 5) is 0. The summed E-state index contributed by atoms with van der Waals surface area (Å²) in [6.45, 7) is 3.81. The van der Waals surface area contributed by atoms with Crippen molar-refractivity contribution in [3.8, 4) is 0 Å². The molecule has 0 saturated heterocycles. The highest BCUT2D eigenvalue weighted by molar-refractivity contribution is 5.83. The summed E-state index contributed by atoms with van der Waals surface area (Å²) in [5.41, 5.74) is 1.42. The van der Waals surface area contributed by atoms with Crippen LogP contribution in [0.15, 0.2) is 61.2 Å². The van der Waals surface area contributed by atoms with Crippen molar-refractivity contribution in [2.75, 3.05) is 0 Å². The van der Waals surface area contributed by atoms with Crippen LogP contribution in [0.1, 0.15) is 54.7 Å². The van der Waals surface area contributed by atoms with Crippen molar-refractivity contribution in [1.82, 2.24) is 0 Å². The van der Waals surface area contributed by atoms with Crippen molar-refractivity contribution in [3.05, 3.63) is 83.7 Å². The van der Waals surface area contributed by atoms with E-state index in [2.05, 4.69) is 6.58 Å². The second kappa shape index (κ2) is 8.39. The van der Waals surface area contributed by atoms with Crippen molar-refractivity contribution in [3.63, 3.8) is 0 Å². The lowest BCUT2D eigenvalue weighted by molar-refractivity contribution is 0.328. The first-order chi connectivity index (χ1) is 12.6. The van der Waals surface area contributed by atoms with E-state index in [1.807, 2.05) is 18.2 Å². The Hall–Kier alpha value is -2.29. The van der Waals surface area contributed by atoms with E-state index in [4.69, 9.17) is 0 Å². The average molecular weight is 356 g/mol. The molecule has 0 nitrogen and oxygen atoms in total. The van der Waals surface area contributed by atoms with Crippen molar-refractivity contribution in [2.24, 2.45) is 5.92 Å². The highest BCUT2D eigenvalue weighted by atomic mass is 19.2.